The number of aryl methyl sites for hydroxylation is 1. The van der Waals surface area contributed by atoms with Crippen molar-refractivity contribution in [3.05, 3.63) is 35.8 Å². The molecule has 0 unspecified atom stereocenters. The SMILES string of the molecule is O=C1NCCCc2cnc(Nc3ccc(N4CCNCC4)c(F)c3)nc2N(C23CC(C2)C3)C1=O. The van der Waals surface area contributed by atoms with Crippen LogP contribution in [0.3, 0.4) is 0 Å². The Morgan fingerprint density at radius 3 is 2.62 bits per heavy atom. The number of carbonyl (C=O) groups is 2. The lowest BCUT2D eigenvalue weighted by molar-refractivity contribution is -0.141. The van der Waals surface area contributed by atoms with Crippen LogP contribution in [0.1, 0.15) is 31.2 Å². The second-order valence-corrected chi connectivity index (χ2v) is 9.77. The second kappa shape index (κ2) is 8.19. The van der Waals surface area contributed by atoms with Crippen molar-refractivity contribution in [3.8, 4) is 0 Å². The first-order chi connectivity index (χ1) is 16.5. The summed E-state index contributed by atoms with van der Waals surface area (Å²) >= 11 is 0. The summed E-state index contributed by atoms with van der Waals surface area (Å²) in [7, 11) is 0. The zero-order valence-electron chi connectivity index (χ0n) is 18.9. The number of anilines is 4. The summed E-state index contributed by atoms with van der Waals surface area (Å²) in [6.45, 7) is 3.62. The van der Waals surface area contributed by atoms with Crippen LogP contribution in [-0.2, 0) is 16.0 Å². The molecular weight excluding hydrogens is 437 g/mol. The quantitative estimate of drug-likeness (QED) is 0.591. The van der Waals surface area contributed by atoms with Crippen LogP contribution < -0.4 is 25.8 Å². The van der Waals surface area contributed by atoms with Gasteiger partial charge in [0.15, 0.2) is 0 Å². The maximum absolute atomic E-state index is 14.9. The first kappa shape index (κ1) is 21.3. The van der Waals surface area contributed by atoms with Crippen LogP contribution in [0.15, 0.2) is 24.4 Å². The molecule has 0 spiro atoms. The molecule has 7 rings (SSSR count). The van der Waals surface area contributed by atoms with E-state index in [0.717, 1.165) is 51.0 Å². The van der Waals surface area contributed by atoms with Gasteiger partial charge in [-0.2, -0.15) is 4.98 Å². The van der Waals surface area contributed by atoms with E-state index in [1.54, 1.807) is 17.2 Å². The van der Waals surface area contributed by atoms with Crippen molar-refractivity contribution in [2.45, 2.75) is 37.6 Å². The predicted octanol–water partition coefficient (Wildman–Crippen LogP) is 1.72. The molecule has 2 aliphatic heterocycles. The van der Waals surface area contributed by atoms with Gasteiger partial charge < -0.3 is 20.9 Å². The van der Waals surface area contributed by atoms with Gasteiger partial charge in [0.1, 0.15) is 11.6 Å². The van der Waals surface area contributed by atoms with Gasteiger partial charge in [-0.3, -0.25) is 14.5 Å². The Kier molecular flexibility index (Phi) is 5.13. The average molecular weight is 466 g/mol. The lowest BCUT2D eigenvalue weighted by atomic mass is 9.49. The van der Waals surface area contributed by atoms with Gasteiger partial charge in [0.05, 0.1) is 11.2 Å². The summed E-state index contributed by atoms with van der Waals surface area (Å²) < 4.78 is 14.9. The molecule has 1 aromatic carbocycles. The van der Waals surface area contributed by atoms with Crippen molar-refractivity contribution < 1.29 is 14.0 Å². The first-order valence-electron chi connectivity index (χ1n) is 12.0. The lowest BCUT2D eigenvalue weighted by Gasteiger charge is -2.65. The van der Waals surface area contributed by atoms with E-state index in [-0.39, 0.29) is 17.3 Å². The van der Waals surface area contributed by atoms with Crippen LogP contribution in [0.4, 0.5) is 27.5 Å². The van der Waals surface area contributed by atoms with Crippen molar-refractivity contribution in [2.75, 3.05) is 47.8 Å². The van der Waals surface area contributed by atoms with Gasteiger partial charge >= 0.3 is 11.8 Å². The number of benzene rings is 1. The van der Waals surface area contributed by atoms with Crippen molar-refractivity contribution in [3.63, 3.8) is 0 Å². The molecule has 34 heavy (non-hydrogen) atoms. The largest absolute Gasteiger partial charge is 0.367 e. The molecule has 1 aromatic heterocycles. The van der Waals surface area contributed by atoms with E-state index in [0.29, 0.717) is 42.5 Å². The second-order valence-electron chi connectivity index (χ2n) is 9.77. The number of hydrogen-bond donors (Lipinski definition) is 3. The predicted molar refractivity (Wildman–Crippen MR) is 126 cm³/mol. The smallest absolute Gasteiger partial charge is 0.317 e. The minimum atomic E-state index is -0.587. The van der Waals surface area contributed by atoms with Crippen molar-refractivity contribution in [1.29, 1.82) is 0 Å². The fourth-order valence-corrected chi connectivity index (χ4v) is 5.60. The molecule has 2 amide bonds. The van der Waals surface area contributed by atoms with E-state index < -0.39 is 11.8 Å². The Bertz CT molecular complexity index is 1130. The summed E-state index contributed by atoms with van der Waals surface area (Å²) in [5.41, 5.74) is 1.63. The highest BCUT2D eigenvalue weighted by Gasteiger charge is 2.63. The summed E-state index contributed by atoms with van der Waals surface area (Å²) in [4.78, 5) is 38.4. The van der Waals surface area contributed by atoms with Crippen molar-refractivity contribution in [2.24, 2.45) is 5.92 Å². The van der Waals surface area contributed by atoms with E-state index in [9.17, 15) is 14.0 Å². The highest BCUT2D eigenvalue weighted by atomic mass is 19.1. The van der Waals surface area contributed by atoms with Gasteiger partial charge in [-0.1, -0.05) is 0 Å². The molecule has 10 heteroatoms. The highest BCUT2D eigenvalue weighted by Crippen LogP contribution is 2.61. The average Bonchev–Trinajstić information content (AvgIpc) is 2.83. The Morgan fingerprint density at radius 2 is 1.91 bits per heavy atom. The number of amides is 2. The van der Waals surface area contributed by atoms with Gasteiger partial charge in [0, 0.05) is 50.2 Å². The molecule has 0 radical (unpaired) electrons. The molecule has 3 aliphatic carbocycles. The highest BCUT2D eigenvalue weighted by molar-refractivity contribution is 6.40. The molecule has 0 atom stereocenters. The molecule has 2 bridgehead atoms. The van der Waals surface area contributed by atoms with Crippen molar-refractivity contribution in [1.82, 2.24) is 20.6 Å². The van der Waals surface area contributed by atoms with Crippen LogP contribution in [0, 0.1) is 11.7 Å². The first-order valence-corrected chi connectivity index (χ1v) is 12.0. The van der Waals surface area contributed by atoms with Crippen LogP contribution in [0.5, 0.6) is 0 Å². The van der Waals surface area contributed by atoms with Gasteiger partial charge in [0.2, 0.25) is 5.95 Å². The number of hydrogen-bond acceptors (Lipinski definition) is 7. The number of halogens is 1. The number of fused-ring (bicyclic) bond motifs is 1. The number of nitrogens with zero attached hydrogens (tertiary/aromatic N) is 4. The normalized spacial score (nSPS) is 26.3. The fourth-order valence-electron chi connectivity index (χ4n) is 5.60. The summed E-state index contributed by atoms with van der Waals surface area (Å²) in [5.74, 6) is -0.0538. The van der Waals surface area contributed by atoms with Gasteiger partial charge in [-0.25, -0.2) is 9.37 Å². The zero-order valence-corrected chi connectivity index (χ0v) is 18.9. The summed E-state index contributed by atoms with van der Waals surface area (Å²) in [6, 6.07) is 5.02. The molecule has 9 nitrogen and oxygen atoms in total. The molecule has 3 N–H and O–H groups in total. The van der Waals surface area contributed by atoms with Crippen LogP contribution in [0.2, 0.25) is 0 Å². The van der Waals surface area contributed by atoms with E-state index >= 15 is 0 Å². The molecule has 1 saturated heterocycles. The molecule has 4 fully saturated rings. The monoisotopic (exact) mass is 465 g/mol. The minimum absolute atomic E-state index is 0.275. The van der Waals surface area contributed by atoms with E-state index in [4.69, 9.17) is 4.98 Å². The number of aromatic nitrogens is 2. The Morgan fingerprint density at radius 1 is 1.12 bits per heavy atom. The molecular formula is C24H28FN7O2. The number of carbonyl (C=O) groups excluding carboxylic acids is 2. The summed E-state index contributed by atoms with van der Waals surface area (Å²) in [5, 5.41) is 9.09. The van der Waals surface area contributed by atoms with E-state index in [2.05, 4.69) is 20.9 Å². The topological polar surface area (TPSA) is 102 Å². The maximum Gasteiger partial charge on any atom is 0.317 e. The van der Waals surface area contributed by atoms with Gasteiger partial charge in [0.25, 0.3) is 0 Å². The fraction of sp³-hybridized carbons (Fsp3) is 0.500. The Balaban J connectivity index is 1.30. The van der Waals surface area contributed by atoms with Crippen molar-refractivity contribution >= 4 is 35.0 Å². The summed E-state index contributed by atoms with van der Waals surface area (Å²) in [6.07, 6.45) is 5.78. The molecule has 3 heterocycles. The zero-order chi connectivity index (χ0) is 23.3. The minimum Gasteiger partial charge on any atom is -0.367 e. The van der Waals surface area contributed by atoms with Crippen LogP contribution >= 0.6 is 0 Å². The van der Waals surface area contributed by atoms with E-state index in [1.807, 2.05) is 11.0 Å². The molecule has 3 saturated carbocycles. The third kappa shape index (κ3) is 3.56. The Hall–Kier alpha value is -3.27. The van der Waals surface area contributed by atoms with Crippen LogP contribution in [0.25, 0.3) is 0 Å². The lowest BCUT2D eigenvalue weighted by Crippen LogP contribution is -2.71. The molecule has 178 valence electrons. The maximum atomic E-state index is 14.9. The van der Waals surface area contributed by atoms with E-state index in [1.165, 1.54) is 6.07 Å². The third-order valence-electron chi connectivity index (χ3n) is 7.50. The van der Waals surface area contributed by atoms with Crippen LogP contribution in [-0.4, -0.2) is 60.0 Å². The van der Waals surface area contributed by atoms with Gasteiger partial charge in [-0.15, -0.1) is 0 Å². The number of piperazine rings is 1. The molecule has 5 aliphatic rings. The number of rotatable bonds is 4. The number of nitrogens with one attached hydrogen (secondary N) is 3. The standard InChI is InChI=1S/C24H28FN7O2/c25-18-10-17(3-4-19(18)31-8-6-26-7-9-31)29-23-28-14-16-2-1-5-27-21(33)22(34)32(20(16)30-23)24-11-15(12-24)13-24/h3-4,10,14-15,26H,1-2,5-9,11-13H2,(H,27,33)(H,28,29,30). The Labute approximate surface area is 197 Å². The van der Waals surface area contributed by atoms with Gasteiger partial charge in [-0.05, 0) is 56.2 Å². The molecule has 2 aromatic rings. The third-order valence-corrected chi connectivity index (χ3v) is 7.50.